The van der Waals surface area contributed by atoms with Gasteiger partial charge in [-0.3, -0.25) is 9.61 Å². The maximum Gasteiger partial charge on any atom is 0.0875 e. The fraction of sp³-hybridized carbons (Fsp3) is 0. The molecule has 0 atom stereocenters. The fourth-order valence-electron chi connectivity index (χ4n) is 1.71. The number of nitrogens with two attached hydrogens (primary N) is 1. The van der Waals surface area contributed by atoms with Crippen molar-refractivity contribution < 1.29 is 0 Å². The number of anilines is 1. The third kappa shape index (κ3) is 0.731. The van der Waals surface area contributed by atoms with Crippen molar-refractivity contribution in [3.63, 3.8) is 0 Å². The lowest BCUT2D eigenvalue weighted by Crippen LogP contribution is -1.92. The molecular formula is C10H9N3. The van der Waals surface area contributed by atoms with Gasteiger partial charge < -0.3 is 5.73 Å². The summed E-state index contributed by atoms with van der Waals surface area (Å²) in [4.78, 5) is 0. The van der Waals surface area contributed by atoms with Gasteiger partial charge >= 0.3 is 0 Å². The topological polar surface area (TPSA) is 46.2 Å². The zero-order chi connectivity index (χ0) is 8.84. The number of hydrogen-bond acceptors (Lipinski definition) is 1. The Hall–Kier alpha value is -1.90. The molecule has 64 valence electrons. The molecule has 2 aliphatic rings. The molecule has 2 heterocycles. The lowest BCUT2D eigenvalue weighted by Gasteiger charge is -2.02. The molecule has 0 aromatic carbocycles. The molecule has 3 rings (SSSR count). The monoisotopic (exact) mass is 171 g/mol. The summed E-state index contributed by atoms with van der Waals surface area (Å²) in [7, 11) is 0. The van der Waals surface area contributed by atoms with Crippen molar-refractivity contribution in [3.05, 3.63) is 36.5 Å². The van der Waals surface area contributed by atoms with Crippen LogP contribution in [0.5, 0.6) is 0 Å². The Morgan fingerprint density at radius 3 is 3.00 bits per heavy atom. The van der Waals surface area contributed by atoms with Gasteiger partial charge in [-0.05, 0) is 12.1 Å². The molecule has 3 nitrogen and oxygen atoms in total. The van der Waals surface area contributed by atoms with Crippen molar-refractivity contribution in [1.29, 1.82) is 0 Å². The number of H-pyrrole nitrogens is 1. The zero-order valence-corrected chi connectivity index (χ0v) is 6.99. The number of fused-ring (bicyclic) bond motifs is 3. The van der Waals surface area contributed by atoms with Crippen LogP contribution in [0.4, 0.5) is 5.69 Å². The van der Waals surface area contributed by atoms with E-state index in [-0.39, 0.29) is 0 Å². The summed E-state index contributed by atoms with van der Waals surface area (Å²) in [6.45, 7) is 0. The minimum absolute atomic E-state index is 0.781. The van der Waals surface area contributed by atoms with Crippen LogP contribution >= 0.6 is 0 Å². The second kappa shape index (κ2) is 2.07. The molecule has 1 aliphatic heterocycles. The number of pyridine rings is 1. The summed E-state index contributed by atoms with van der Waals surface area (Å²) in [5, 5.41) is 3.11. The highest BCUT2D eigenvalue weighted by Crippen LogP contribution is 2.26. The minimum Gasteiger partial charge on any atom is -0.396 e. The molecule has 1 aliphatic carbocycles. The van der Waals surface area contributed by atoms with Crippen LogP contribution < -0.4 is 5.73 Å². The van der Waals surface area contributed by atoms with Crippen molar-refractivity contribution in [1.82, 2.24) is 9.61 Å². The van der Waals surface area contributed by atoms with Gasteiger partial charge in [0.1, 0.15) is 0 Å². The van der Waals surface area contributed by atoms with Crippen LogP contribution in [0.1, 0.15) is 0 Å². The molecule has 0 bridgehead atoms. The molecule has 13 heavy (non-hydrogen) atoms. The van der Waals surface area contributed by atoms with E-state index >= 15 is 0 Å². The Morgan fingerprint density at radius 1 is 1.15 bits per heavy atom. The fourth-order valence-corrected chi connectivity index (χ4v) is 1.71. The Balaban J connectivity index is 2.58. The van der Waals surface area contributed by atoms with Gasteiger partial charge in [0.2, 0.25) is 0 Å². The molecule has 0 saturated carbocycles. The van der Waals surface area contributed by atoms with E-state index in [0.29, 0.717) is 0 Å². The number of hydrogen-bond donors (Lipinski definition) is 2. The molecule has 0 radical (unpaired) electrons. The zero-order valence-electron chi connectivity index (χ0n) is 6.99. The van der Waals surface area contributed by atoms with Crippen LogP contribution in [0.2, 0.25) is 0 Å². The van der Waals surface area contributed by atoms with Gasteiger partial charge in [-0.25, -0.2) is 0 Å². The van der Waals surface area contributed by atoms with Gasteiger partial charge in [0, 0.05) is 11.8 Å². The Kier molecular flexibility index (Phi) is 1.05. The lowest BCUT2D eigenvalue weighted by atomic mass is 10.2. The number of nitrogen functional groups attached to an aromatic ring is 1. The van der Waals surface area contributed by atoms with Gasteiger partial charge in [-0.15, -0.1) is 0 Å². The standard InChI is InChI=1S/C10H9N3/c11-8-6-12-13-9-3-1-2-7(9)4-5-10(8)13/h1-6,12H,11H2. The van der Waals surface area contributed by atoms with Crippen LogP contribution in [0, 0.1) is 0 Å². The van der Waals surface area contributed by atoms with E-state index in [4.69, 9.17) is 5.73 Å². The highest BCUT2D eigenvalue weighted by atomic mass is 15.2. The summed E-state index contributed by atoms with van der Waals surface area (Å²) in [5.74, 6) is 0. The third-order valence-corrected chi connectivity index (χ3v) is 2.37. The number of nitrogens with one attached hydrogen (secondary N) is 1. The van der Waals surface area contributed by atoms with E-state index in [2.05, 4.69) is 23.3 Å². The van der Waals surface area contributed by atoms with Gasteiger partial charge in [0.15, 0.2) is 0 Å². The first-order valence-electron chi connectivity index (χ1n) is 4.19. The number of nitrogens with zero attached hydrogens (tertiary/aromatic N) is 1. The summed E-state index contributed by atoms with van der Waals surface area (Å²) in [5.41, 5.74) is 9.97. The summed E-state index contributed by atoms with van der Waals surface area (Å²) < 4.78 is 1.99. The molecule has 3 N–H and O–H groups in total. The summed E-state index contributed by atoms with van der Waals surface area (Å²) in [6, 6.07) is 10.3. The van der Waals surface area contributed by atoms with E-state index in [1.807, 2.05) is 22.8 Å². The highest BCUT2D eigenvalue weighted by molar-refractivity contribution is 5.76. The largest absolute Gasteiger partial charge is 0.396 e. The van der Waals surface area contributed by atoms with Crippen LogP contribution in [0.3, 0.4) is 0 Å². The van der Waals surface area contributed by atoms with Crippen molar-refractivity contribution in [2.24, 2.45) is 0 Å². The van der Waals surface area contributed by atoms with E-state index < -0.39 is 0 Å². The predicted octanol–water partition coefficient (Wildman–Crippen LogP) is 1.95. The second-order valence-corrected chi connectivity index (χ2v) is 3.15. The predicted molar refractivity (Wildman–Crippen MR) is 52.8 cm³/mol. The average Bonchev–Trinajstić information content (AvgIpc) is 2.70. The molecule has 0 amide bonds. The molecule has 0 saturated heterocycles. The molecule has 0 fully saturated rings. The average molecular weight is 171 g/mol. The molecule has 1 aromatic rings. The quantitative estimate of drug-likeness (QED) is 0.533. The van der Waals surface area contributed by atoms with E-state index in [9.17, 15) is 0 Å². The first kappa shape index (κ1) is 6.60. The van der Waals surface area contributed by atoms with E-state index in [1.54, 1.807) is 0 Å². The van der Waals surface area contributed by atoms with Crippen molar-refractivity contribution >= 4 is 11.2 Å². The minimum atomic E-state index is 0.781. The summed E-state index contributed by atoms with van der Waals surface area (Å²) in [6.07, 6.45) is 1.81. The number of aromatic nitrogens is 2. The van der Waals surface area contributed by atoms with Gasteiger partial charge in [0.25, 0.3) is 0 Å². The van der Waals surface area contributed by atoms with E-state index in [0.717, 1.165) is 16.9 Å². The molecule has 1 aromatic heterocycles. The van der Waals surface area contributed by atoms with Gasteiger partial charge in [-0.2, -0.15) is 0 Å². The second-order valence-electron chi connectivity index (χ2n) is 3.15. The first-order chi connectivity index (χ1) is 6.36. The molecular weight excluding hydrogens is 162 g/mol. The maximum atomic E-state index is 5.78. The number of rotatable bonds is 0. The molecule has 0 unspecified atom stereocenters. The van der Waals surface area contributed by atoms with Crippen LogP contribution in [0.15, 0.2) is 36.5 Å². The first-order valence-corrected chi connectivity index (χ1v) is 4.19. The summed E-state index contributed by atoms with van der Waals surface area (Å²) >= 11 is 0. The normalized spacial score (nSPS) is 11.4. The van der Waals surface area contributed by atoms with E-state index in [1.165, 1.54) is 5.56 Å². The van der Waals surface area contributed by atoms with Gasteiger partial charge in [0.05, 0.1) is 16.9 Å². The molecule has 3 heteroatoms. The van der Waals surface area contributed by atoms with Crippen LogP contribution in [-0.2, 0) is 0 Å². The Bertz CT molecular complexity index is 532. The van der Waals surface area contributed by atoms with Crippen LogP contribution in [0.25, 0.3) is 16.8 Å². The number of aromatic amines is 1. The Labute approximate surface area is 75.1 Å². The lowest BCUT2D eigenvalue weighted by molar-refractivity contribution is 0.972. The smallest absolute Gasteiger partial charge is 0.0875 e. The van der Waals surface area contributed by atoms with Crippen LogP contribution in [-0.4, -0.2) is 9.61 Å². The SMILES string of the molecule is Nc1c[nH]n2c3cccc-3ccc12. The third-order valence-electron chi connectivity index (χ3n) is 2.37. The van der Waals surface area contributed by atoms with Crippen molar-refractivity contribution in [2.45, 2.75) is 0 Å². The molecule has 0 spiro atoms. The van der Waals surface area contributed by atoms with Crippen molar-refractivity contribution in [3.8, 4) is 11.3 Å². The Morgan fingerprint density at radius 2 is 2.08 bits per heavy atom. The van der Waals surface area contributed by atoms with Crippen molar-refractivity contribution in [2.75, 3.05) is 5.73 Å². The highest BCUT2D eigenvalue weighted by Gasteiger charge is 2.07. The van der Waals surface area contributed by atoms with Gasteiger partial charge in [-0.1, -0.05) is 18.2 Å². The maximum absolute atomic E-state index is 5.78.